The van der Waals surface area contributed by atoms with Crippen LogP contribution in [0.4, 0.5) is 0 Å². The summed E-state index contributed by atoms with van der Waals surface area (Å²) >= 11 is 0. The van der Waals surface area contributed by atoms with Crippen molar-refractivity contribution in [1.29, 1.82) is 0 Å². The van der Waals surface area contributed by atoms with E-state index in [1.54, 1.807) is 0 Å². The predicted octanol–water partition coefficient (Wildman–Crippen LogP) is -1.22. The van der Waals surface area contributed by atoms with Gasteiger partial charge in [0.1, 0.15) is 13.4 Å². The summed E-state index contributed by atoms with van der Waals surface area (Å²) in [6, 6.07) is 0. The maximum Gasteiger partial charge on any atom is 0.323 e. The largest absolute Gasteiger partial charge is 0.480 e. The Hall–Kier alpha value is -0.635. The standard InChI is InChI=1S/C10H24BN3O4S/c1-14(2)19(17,18)13-8-6-10(12,9(15)16)5-3-4-7-11/h13H,3-8,11-12H2,1-2H3,(H,15,16). The first-order valence-corrected chi connectivity index (χ1v) is 7.79. The normalized spacial score (nSPS) is 15.4. The maximum absolute atomic E-state index is 11.5. The van der Waals surface area contributed by atoms with Crippen LogP contribution in [0.15, 0.2) is 0 Å². The quantitative estimate of drug-likeness (QED) is 0.345. The molecular weight excluding hydrogens is 269 g/mol. The van der Waals surface area contributed by atoms with Crippen molar-refractivity contribution in [2.24, 2.45) is 5.73 Å². The van der Waals surface area contributed by atoms with Crippen molar-refractivity contribution in [2.75, 3.05) is 20.6 Å². The fraction of sp³-hybridized carbons (Fsp3) is 0.900. The zero-order valence-corrected chi connectivity index (χ0v) is 12.7. The van der Waals surface area contributed by atoms with Gasteiger partial charge in [0.05, 0.1) is 0 Å². The van der Waals surface area contributed by atoms with E-state index in [2.05, 4.69) is 4.72 Å². The molecule has 0 saturated heterocycles. The lowest BCUT2D eigenvalue weighted by Gasteiger charge is -2.25. The van der Waals surface area contributed by atoms with Crippen LogP contribution in [0.5, 0.6) is 0 Å². The average molecular weight is 293 g/mol. The first kappa shape index (κ1) is 18.4. The number of nitrogens with zero attached hydrogens (tertiary/aromatic N) is 1. The number of nitrogens with two attached hydrogens (primary N) is 1. The van der Waals surface area contributed by atoms with Crippen molar-refractivity contribution in [3.63, 3.8) is 0 Å². The minimum absolute atomic E-state index is 0.00936. The van der Waals surface area contributed by atoms with Gasteiger partial charge in [-0.25, -0.2) is 4.72 Å². The first-order valence-electron chi connectivity index (χ1n) is 6.35. The summed E-state index contributed by atoms with van der Waals surface area (Å²) < 4.78 is 26.3. The molecule has 0 aliphatic carbocycles. The smallest absolute Gasteiger partial charge is 0.323 e. The highest BCUT2D eigenvalue weighted by Gasteiger charge is 2.33. The number of unbranched alkanes of at least 4 members (excludes halogenated alkanes) is 1. The van der Waals surface area contributed by atoms with E-state index < -0.39 is 21.7 Å². The Morgan fingerprint density at radius 3 is 2.37 bits per heavy atom. The summed E-state index contributed by atoms with van der Waals surface area (Å²) in [6.07, 6.45) is 3.03. The summed E-state index contributed by atoms with van der Waals surface area (Å²) in [6.45, 7) is 0.00936. The van der Waals surface area contributed by atoms with E-state index in [1.807, 2.05) is 7.85 Å². The second-order valence-electron chi connectivity index (χ2n) is 4.85. The van der Waals surface area contributed by atoms with Crippen LogP contribution in [0, 0.1) is 0 Å². The van der Waals surface area contributed by atoms with E-state index >= 15 is 0 Å². The van der Waals surface area contributed by atoms with Crippen molar-refractivity contribution in [2.45, 2.75) is 37.5 Å². The fourth-order valence-electron chi connectivity index (χ4n) is 1.56. The maximum atomic E-state index is 11.5. The second-order valence-corrected chi connectivity index (χ2v) is 6.82. The van der Waals surface area contributed by atoms with Gasteiger partial charge in [-0.05, 0) is 12.8 Å². The van der Waals surface area contributed by atoms with Crippen LogP contribution in [-0.4, -0.2) is 57.8 Å². The topological polar surface area (TPSA) is 113 Å². The summed E-state index contributed by atoms with van der Waals surface area (Å²) in [5.74, 6) is -1.09. The third kappa shape index (κ3) is 6.37. The Labute approximate surface area is 116 Å². The van der Waals surface area contributed by atoms with E-state index in [0.29, 0.717) is 6.42 Å². The van der Waals surface area contributed by atoms with Gasteiger partial charge < -0.3 is 10.8 Å². The van der Waals surface area contributed by atoms with Crippen molar-refractivity contribution in [3.8, 4) is 0 Å². The minimum Gasteiger partial charge on any atom is -0.480 e. The Morgan fingerprint density at radius 2 is 1.95 bits per heavy atom. The van der Waals surface area contributed by atoms with Gasteiger partial charge in [-0.1, -0.05) is 19.2 Å². The lowest BCUT2D eigenvalue weighted by Crippen LogP contribution is -2.50. The third-order valence-electron chi connectivity index (χ3n) is 2.99. The number of carboxylic acid groups (broad SMARTS) is 1. The summed E-state index contributed by atoms with van der Waals surface area (Å²) in [5, 5.41) is 9.16. The SMILES string of the molecule is BCCCCC(N)(CCNS(=O)(=O)N(C)C)C(=O)O. The molecule has 0 bridgehead atoms. The molecule has 0 rings (SSSR count). The molecule has 0 aromatic rings. The monoisotopic (exact) mass is 293 g/mol. The molecule has 0 aromatic carbocycles. The van der Waals surface area contributed by atoms with Gasteiger partial charge in [0, 0.05) is 20.6 Å². The highest BCUT2D eigenvalue weighted by atomic mass is 32.2. The Bertz CT molecular complexity index is 388. The van der Waals surface area contributed by atoms with Crippen molar-refractivity contribution >= 4 is 24.0 Å². The first-order chi connectivity index (χ1) is 8.65. The van der Waals surface area contributed by atoms with Gasteiger partial charge in [0.25, 0.3) is 10.2 Å². The Balaban J connectivity index is 4.41. The van der Waals surface area contributed by atoms with Gasteiger partial charge >= 0.3 is 5.97 Å². The van der Waals surface area contributed by atoms with Crippen LogP contribution in [0.25, 0.3) is 0 Å². The molecule has 1 atom stereocenters. The van der Waals surface area contributed by atoms with E-state index in [1.165, 1.54) is 14.1 Å². The van der Waals surface area contributed by atoms with Crippen molar-refractivity contribution in [1.82, 2.24) is 9.03 Å². The predicted molar refractivity (Wildman–Crippen MR) is 77.0 cm³/mol. The molecule has 9 heteroatoms. The molecule has 0 heterocycles. The number of hydrogen-bond acceptors (Lipinski definition) is 4. The summed E-state index contributed by atoms with van der Waals surface area (Å²) in [5.41, 5.74) is 4.47. The molecule has 0 aromatic heterocycles. The number of hydrogen-bond donors (Lipinski definition) is 3. The van der Waals surface area contributed by atoms with Crippen LogP contribution < -0.4 is 10.5 Å². The molecule has 0 fully saturated rings. The Morgan fingerprint density at radius 1 is 1.37 bits per heavy atom. The lowest BCUT2D eigenvalue weighted by atomic mass is 9.88. The average Bonchev–Trinajstić information content (AvgIpc) is 2.28. The molecule has 19 heavy (non-hydrogen) atoms. The van der Waals surface area contributed by atoms with Gasteiger partial charge in [0.15, 0.2) is 0 Å². The van der Waals surface area contributed by atoms with Gasteiger partial charge in [0.2, 0.25) is 0 Å². The van der Waals surface area contributed by atoms with Crippen molar-refractivity contribution in [3.05, 3.63) is 0 Å². The zero-order chi connectivity index (χ0) is 15.1. The van der Waals surface area contributed by atoms with E-state index in [0.717, 1.165) is 23.5 Å². The molecule has 0 aliphatic heterocycles. The van der Waals surface area contributed by atoms with E-state index in [-0.39, 0.29) is 13.0 Å². The number of carbonyl (C=O) groups is 1. The van der Waals surface area contributed by atoms with Crippen LogP contribution in [0.1, 0.15) is 25.7 Å². The molecule has 0 amide bonds. The number of aliphatic carboxylic acids is 1. The van der Waals surface area contributed by atoms with Crippen LogP contribution in [0.2, 0.25) is 6.32 Å². The van der Waals surface area contributed by atoms with Gasteiger partial charge in [-0.3, -0.25) is 4.79 Å². The molecule has 0 aliphatic rings. The number of carboxylic acids is 1. The third-order valence-corrected chi connectivity index (χ3v) is 4.52. The molecule has 0 saturated carbocycles. The van der Waals surface area contributed by atoms with Crippen LogP contribution in [0.3, 0.4) is 0 Å². The number of rotatable bonds is 10. The fourth-order valence-corrected chi connectivity index (χ4v) is 2.18. The van der Waals surface area contributed by atoms with E-state index in [4.69, 9.17) is 10.8 Å². The molecule has 0 spiro atoms. The molecule has 4 N–H and O–H groups in total. The highest BCUT2D eigenvalue weighted by Crippen LogP contribution is 2.16. The molecule has 0 radical (unpaired) electrons. The van der Waals surface area contributed by atoms with Crippen LogP contribution in [-0.2, 0) is 15.0 Å². The van der Waals surface area contributed by atoms with Crippen LogP contribution >= 0.6 is 0 Å². The molecular formula is C10H24BN3O4S. The molecule has 112 valence electrons. The highest BCUT2D eigenvalue weighted by molar-refractivity contribution is 7.87. The second kappa shape index (κ2) is 7.83. The minimum atomic E-state index is -3.54. The molecule has 1 unspecified atom stereocenters. The number of nitrogens with one attached hydrogen (secondary N) is 1. The van der Waals surface area contributed by atoms with E-state index in [9.17, 15) is 13.2 Å². The summed E-state index contributed by atoms with van der Waals surface area (Å²) in [7, 11) is 1.28. The Kier molecular flexibility index (Phi) is 7.57. The molecule has 7 nitrogen and oxygen atoms in total. The van der Waals surface area contributed by atoms with Crippen molar-refractivity contribution < 1.29 is 18.3 Å². The summed E-state index contributed by atoms with van der Waals surface area (Å²) in [4.78, 5) is 11.2. The zero-order valence-electron chi connectivity index (χ0n) is 11.8. The lowest BCUT2D eigenvalue weighted by molar-refractivity contribution is -0.143. The van der Waals surface area contributed by atoms with Gasteiger partial charge in [-0.15, -0.1) is 0 Å². The van der Waals surface area contributed by atoms with Gasteiger partial charge in [-0.2, -0.15) is 12.7 Å².